The van der Waals surface area contributed by atoms with E-state index in [2.05, 4.69) is 6.58 Å². The van der Waals surface area contributed by atoms with E-state index in [0.717, 1.165) is 6.92 Å². The van der Waals surface area contributed by atoms with Gasteiger partial charge in [0.25, 0.3) is 0 Å². The molecule has 3 rings (SSSR count). The van der Waals surface area contributed by atoms with Gasteiger partial charge in [0.05, 0.1) is 52.2 Å². The molecule has 254 valence electrons. The first kappa shape index (κ1) is 37.2. The van der Waals surface area contributed by atoms with Crippen molar-refractivity contribution in [3.8, 4) is 0 Å². The Hall–Kier alpha value is -1.25. The van der Waals surface area contributed by atoms with Crippen LogP contribution in [0.25, 0.3) is 0 Å². The molecule has 0 aromatic rings. The zero-order chi connectivity index (χ0) is 33.7. The number of fused-ring (bicyclic) bond motifs is 3. The summed E-state index contributed by atoms with van der Waals surface area (Å²) in [5.41, 5.74) is -7.61. The van der Waals surface area contributed by atoms with Crippen LogP contribution >= 0.6 is 7.82 Å². The summed E-state index contributed by atoms with van der Waals surface area (Å²) in [4.78, 5) is 36.2. The predicted octanol–water partition coefficient (Wildman–Crippen LogP) is 1.74. The average Bonchev–Trinajstić information content (AvgIpc) is 2.86. The summed E-state index contributed by atoms with van der Waals surface area (Å²) >= 11 is 0. The fourth-order valence-corrected chi connectivity index (χ4v) is 8.50. The van der Waals surface area contributed by atoms with Crippen molar-refractivity contribution in [2.24, 2.45) is 16.7 Å². The van der Waals surface area contributed by atoms with Gasteiger partial charge in [0, 0.05) is 24.7 Å². The van der Waals surface area contributed by atoms with Crippen LogP contribution in [0.5, 0.6) is 0 Å². The molecule has 4 N–H and O–H groups in total. The molecule has 0 bridgehead atoms. The number of nitrogens with zero attached hydrogens (tertiary/aromatic N) is 1. The van der Waals surface area contributed by atoms with Crippen LogP contribution in [0, 0.1) is 16.7 Å². The molecule has 0 amide bonds. The Morgan fingerprint density at radius 3 is 2.32 bits per heavy atom. The maximum absolute atomic E-state index is 14.1. The highest BCUT2D eigenvalue weighted by atomic mass is 31.2. The van der Waals surface area contributed by atoms with Gasteiger partial charge >= 0.3 is 13.8 Å². The molecule has 0 spiro atoms. The second-order valence-corrected chi connectivity index (χ2v) is 16.4. The Labute approximate surface area is 260 Å². The fraction of sp³-hybridized carbons (Fsp3) is 0.867. The maximum Gasteiger partial charge on any atom is 0.472 e. The highest BCUT2D eigenvalue weighted by Gasteiger charge is 2.80. The third kappa shape index (κ3) is 6.74. The highest BCUT2D eigenvalue weighted by molar-refractivity contribution is 7.47. The van der Waals surface area contributed by atoms with Crippen molar-refractivity contribution in [3.63, 3.8) is 0 Å². The number of likely N-dealkylation sites (N-methyl/N-ethyl adjacent to an activating group) is 1. The monoisotopic (exact) mass is 650 g/mol. The summed E-state index contributed by atoms with van der Waals surface area (Å²) in [5, 5.41) is 36.0. The lowest BCUT2D eigenvalue weighted by Gasteiger charge is -2.71. The summed E-state index contributed by atoms with van der Waals surface area (Å²) < 4.78 is 41.2. The number of esters is 1. The number of aliphatic hydroxyl groups excluding tert-OH is 2. The molecular formula is C30H53NO12P+. The van der Waals surface area contributed by atoms with Gasteiger partial charge in [-0.3, -0.25) is 18.6 Å². The number of ether oxygens (including phenoxy) is 3. The molecule has 2 aliphatic carbocycles. The SMILES string of the molecule is C=C[C@@]1(C)CC(=O)[C@@]2(O)[C@](C)(O1)[C@@H](OCC(COP(=O)(O)OCC[N+](C)(C)C)OC(C)=O)[C@@H](O)C1C(C)(C)CC[C@H](O)[C@@]12C. The molecule has 3 fully saturated rings. The normalized spacial score (nSPS) is 40.7. The number of quaternary nitrogens is 1. The molecule has 0 aromatic carbocycles. The quantitative estimate of drug-likeness (QED) is 0.104. The molecule has 1 aliphatic heterocycles. The van der Waals surface area contributed by atoms with Crippen molar-refractivity contribution in [2.75, 3.05) is 47.5 Å². The first-order chi connectivity index (χ1) is 19.9. The third-order valence-electron chi connectivity index (χ3n) is 9.96. The Kier molecular flexibility index (Phi) is 10.5. The van der Waals surface area contributed by atoms with Crippen LogP contribution in [0.15, 0.2) is 12.7 Å². The van der Waals surface area contributed by atoms with Gasteiger partial charge in [-0.2, -0.15) is 0 Å². The Balaban J connectivity index is 1.97. The lowest BCUT2D eigenvalue weighted by Crippen LogP contribution is -2.86. The fourth-order valence-electron chi connectivity index (χ4n) is 7.76. The lowest BCUT2D eigenvalue weighted by molar-refractivity contribution is -0.870. The van der Waals surface area contributed by atoms with Crippen LogP contribution in [-0.4, -0.2) is 125 Å². The minimum atomic E-state index is -4.53. The molecule has 44 heavy (non-hydrogen) atoms. The minimum absolute atomic E-state index is 0.0631. The zero-order valence-electron chi connectivity index (χ0n) is 27.6. The van der Waals surface area contributed by atoms with Crippen LogP contribution in [-0.2, 0) is 37.4 Å². The largest absolute Gasteiger partial charge is 0.472 e. The minimum Gasteiger partial charge on any atom is -0.458 e. The van der Waals surface area contributed by atoms with Crippen LogP contribution in [0.2, 0.25) is 0 Å². The Morgan fingerprint density at radius 1 is 1.16 bits per heavy atom. The van der Waals surface area contributed by atoms with E-state index >= 15 is 0 Å². The lowest BCUT2D eigenvalue weighted by atomic mass is 9.40. The number of Topliss-reactive ketones (excluding diaryl/α,β-unsaturated/α-hetero) is 1. The highest BCUT2D eigenvalue weighted by Crippen LogP contribution is 2.67. The molecule has 1 heterocycles. The molecule has 10 atom stereocenters. The molecule has 14 heteroatoms. The summed E-state index contributed by atoms with van der Waals surface area (Å²) in [7, 11) is 1.14. The number of hydrogen-bond acceptors (Lipinski definition) is 11. The summed E-state index contributed by atoms with van der Waals surface area (Å²) in [5.74, 6) is -2.12. The molecule has 2 saturated carbocycles. The number of phosphoric acid groups is 1. The van der Waals surface area contributed by atoms with Crippen molar-refractivity contribution in [1.82, 2.24) is 0 Å². The smallest absolute Gasteiger partial charge is 0.458 e. The van der Waals surface area contributed by atoms with Crippen molar-refractivity contribution >= 4 is 19.6 Å². The van der Waals surface area contributed by atoms with Crippen LogP contribution < -0.4 is 0 Å². The summed E-state index contributed by atoms with van der Waals surface area (Å²) in [6.07, 6.45) is -3.08. The first-order valence-corrected chi connectivity index (χ1v) is 16.6. The maximum atomic E-state index is 14.1. The van der Waals surface area contributed by atoms with E-state index in [1.54, 1.807) is 13.8 Å². The first-order valence-electron chi connectivity index (χ1n) is 15.1. The number of carbonyl (C=O) groups is 2. The standard InChI is InChI=1S/C30H52NO12P/c1-11-27(5)16-22(34)30(36)28(6)21(33)12-13-26(3,4)24(28)23(35)25(29(30,7)43-27)39-17-20(42-19(2)32)18-41-44(37,38)40-15-14-31(8,9)10/h11,20-21,23-25,33,35-36H,1,12-18H2,2-10H3/p+1/t20?,21-,23-,24?,25-,27-,28-,29+,30-/m0/s1. The molecule has 3 unspecified atom stereocenters. The zero-order valence-corrected chi connectivity index (χ0v) is 28.5. The topological polar surface area (TPSA) is 178 Å². The van der Waals surface area contributed by atoms with Gasteiger partial charge in [-0.05, 0) is 32.1 Å². The van der Waals surface area contributed by atoms with Gasteiger partial charge in [0.15, 0.2) is 11.4 Å². The van der Waals surface area contributed by atoms with E-state index < -0.39 is 90.8 Å². The molecule has 3 aliphatic rings. The van der Waals surface area contributed by atoms with Gasteiger partial charge in [-0.15, -0.1) is 6.58 Å². The molecule has 0 aromatic heterocycles. The van der Waals surface area contributed by atoms with Gasteiger partial charge in [-0.1, -0.05) is 26.8 Å². The van der Waals surface area contributed by atoms with Crippen LogP contribution in [0.3, 0.4) is 0 Å². The van der Waals surface area contributed by atoms with Crippen LogP contribution in [0.1, 0.15) is 60.8 Å². The average molecular weight is 651 g/mol. The third-order valence-corrected chi connectivity index (χ3v) is 10.9. The summed E-state index contributed by atoms with van der Waals surface area (Å²) in [6, 6.07) is 0. The predicted molar refractivity (Wildman–Crippen MR) is 159 cm³/mol. The number of rotatable bonds is 12. The second kappa shape index (κ2) is 12.4. The Bertz CT molecular complexity index is 1160. The Morgan fingerprint density at radius 2 is 1.77 bits per heavy atom. The van der Waals surface area contributed by atoms with Gasteiger partial charge < -0.3 is 38.9 Å². The van der Waals surface area contributed by atoms with E-state index in [1.165, 1.54) is 13.0 Å². The molecule has 13 nitrogen and oxygen atoms in total. The van der Waals surface area contributed by atoms with E-state index in [-0.39, 0.29) is 13.0 Å². The van der Waals surface area contributed by atoms with Gasteiger partial charge in [-0.25, -0.2) is 4.57 Å². The number of aliphatic hydroxyl groups is 3. The number of ketones is 1. The molecular weight excluding hydrogens is 597 g/mol. The van der Waals surface area contributed by atoms with E-state index in [0.29, 0.717) is 23.9 Å². The number of phosphoric ester groups is 1. The van der Waals surface area contributed by atoms with E-state index in [9.17, 15) is 34.4 Å². The van der Waals surface area contributed by atoms with Crippen LogP contribution in [0.4, 0.5) is 0 Å². The van der Waals surface area contributed by atoms with Crippen molar-refractivity contribution < 1.29 is 62.1 Å². The van der Waals surface area contributed by atoms with E-state index in [4.69, 9.17) is 23.3 Å². The van der Waals surface area contributed by atoms with Gasteiger partial charge in [0.1, 0.15) is 31.0 Å². The second-order valence-electron chi connectivity index (χ2n) is 14.9. The number of hydrogen-bond donors (Lipinski definition) is 4. The molecule has 0 radical (unpaired) electrons. The summed E-state index contributed by atoms with van der Waals surface area (Å²) in [6.45, 7) is 12.8. The van der Waals surface area contributed by atoms with Crippen molar-refractivity contribution in [2.45, 2.75) is 102 Å². The molecule has 1 saturated heterocycles. The number of carbonyl (C=O) groups excluding carboxylic acids is 2. The van der Waals surface area contributed by atoms with Gasteiger partial charge in [0.2, 0.25) is 0 Å². The van der Waals surface area contributed by atoms with Crippen molar-refractivity contribution in [1.29, 1.82) is 0 Å². The van der Waals surface area contributed by atoms with E-state index in [1.807, 2.05) is 35.0 Å². The van der Waals surface area contributed by atoms with Crippen molar-refractivity contribution in [3.05, 3.63) is 12.7 Å².